The van der Waals surface area contributed by atoms with Gasteiger partial charge in [-0.3, -0.25) is 14.9 Å². The van der Waals surface area contributed by atoms with Crippen molar-refractivity contribution in [1.29, 1.82) is 0 Å². The van der Waals surface area contributed by atoms with E-state index in [9.17, 15) is 23.3 Å². The van der Waals surface area contributed by atoms with E-state index in [1.807, 2.05) is 0 Å². The Hall–Kier alpha value is -2.26. The summed E-state index contributed by atoms with van der Waals surface area (Å²) in [6.07, 6.45) is 1.33. The highest BCUT2D eigenvalue weighted by Gasteiger charge is 2.23. The van der Waals surface area contributed by atoms with Gasteiger partial charge in [0.25, 0.3) is 5.69 Å². The van der Waals surface area contributed by atoms with E-state index in [2.05, 4.69) is 6.58 Å². The Morgan fingerprint density at radius 3 is 2.67 bits per heavy atom. The van der Waals surface area contributed by atoms with Gasteiger partial charge in [-0.15, -0.1) is 6.58 Å². The van der Waals surface area contributed by atoms with Gasteiger partial charge in [0.1, 0.15) is 0 Å². The second-order valence-corrected chi connectivity index (χ2v) is 6.20. The Kier molecular flexibility index (Phi) is 5.56. The zero-order valence-corrected chi connectivity index (χ0v) is 12.0. The minimum atomic E-state index is -3.84. The molecule has 0 fully saturated rings. The number of rotatable bonds is 8. The molecule has 1 amide bonds. The van der Waals surface area contributed by atoms with E-state index < -0.39 is 33.2 Å². The maximum Gasteiger partial charge on any atom is 0.269 e. The van der Waals surface area contributed by atoms with Gasteiger partial charge in [-0.1, -0.05) is 18.2 Å². The van der Waals surface area contributed by atoms with Crippen LogP contribution in [0.5, 0.6) is 0 Å². The second kappa shape index (κ2) is 6.95. The fraction of sp³-hybridized carbons (Fsp3) is 0.250. The van der Waals surface area contributed by atoms with Crippen molar-refractivity contribution in [3.63, 3.8) is 0 Å². The molecule has 0 saturated carbocycles. The van der Waals surface area contributed by atoms with Gasteiger partial charge in [-0.2, -0.15) is 4.31 Å². The monoisotopic (exact) mass is 313 g/mol. The zero-order chi connectivity index (χ0) is 16.0. The molecule has 2 N–H and O–H groups in total. The number of sulfonamides is 1. The number of primary amides is 1. The Morgan fingerprint density at radius 1 is 1.48 bits per heavy atom. The van der Waals surface area contributed by atoms with Gasteiger partial charge in [0.05, 0.1) is 17.2 Å². The molecule has 0 saturated heterocycles. The third kappa shape index (κ3) is 4.97. The van der Waals surface area contributed by atoms with E-state index in [0.717, 1.165) is 4.31 Å². The van der Waals surface area contributed by atoms with E-state index >= 15 is 0 Å². The number of nitro groups is 1. The van der Waals surface area contributed by atoms with Crippen LogP contribution in [0.2, 0.25) is 0 Å². The average Bonchev–Trinajstić information content (AvgIpc) is 2.37. The zero-order valence-electron chi connectivity index (χ0n) is 11.1. The average molecular weight is 313 g/mol. The van der Waals surface area contributed by atoms with Gasteiger partial charge < -0.3 is 5.73 Å². The first kappa shape index (κ1) is 16.8. The highest BCUT2D eigenvalue weighted by Crippen LogP contribution is 2.17. The SMILES string of the molecule is C=CCN(CC(N)=O)S(=O)(=O)Cc1cccc([N+](=O)[O-])c1. The normalized spacial score (nSPS) is 11.3. The van der Waals surface area contributed by atoms with E-state index in [1.165, 1.54) is 30.3 Å². The molecule has 0 aliphatic carbocycles. The number of amides is 1. The molecule has 21 heavy (non-hydrogen) atoms. The van der Waals surface area contributed by atoms with Crippen molar-refractivity contribution in [3.05, 3.63) is 52.6 Å². The maximum atomic E-state index is 12.2. The van der Waals surface area contributed by atoms with Crippen LogP contribution in [0.25, 0.3) is 0 Å². The van der Waals surface area contributed by atoms with Crippen molar-refractivity contribution in [2.75, 3.05) is 13.1 Å². The highest BCUT2D eigenvalue weighted by molar-refractivity contribution is 7.88. The van der Waals surface area contributed by atoms with Crippen molar-refractivity contribution in [2.24, 2.45) is 5.73 Å². The van der Waals surface area contributed by atoms with Gasteiger partial charge >= 0.3 is 0 Å². The van der Waals surface area contributed by atoms with Crippen LogP contribution < -0.4 is 5.73 Å². The van der Waals surface area contributed by atoms with Crippen LogP contribution in [0.1, 0.15) is 5.56 Å². The first-order valence-corrected chi connectivity index (χ1v) is 7.47. The van der Waals surface area contributed by atoms with E-state index in [4.69, 9.17) is 5.73 Å². The molecule has 0 bridgehead atoms. The van der Waals surface area contributed by atoms with Crippen molar-refractivity contribution in [3.8, 4) is 0 Å². The number of non-ortho nitro benzene ring substituents is 1. The van der Waals surface area contributed by atoms with Gasteiger partial charge in [0.15, 0.2) is 0 Å². The van der Waals surface area contributed by atoms with Crippen molar-refractivity contribution >= 4 is 21.6 Å². The summed E-state index contributed by atoms with van der Waals surface area (Å²) in [7, 11) is -3.84. The Morgan fingerprint density at radius 2 is 2.14 bits per heavy atom. The molecule has 0 aliphatic rings. The van der Waals surface area contributed by atoms with Crippen LogP contribution in [0.4, 0.5) is 5.69 Å². The molecule has 8 nitrogen and oxygen atoms in total. The summed E-state index contributed by atoms with van der Waals surface area (Å²) in [5, 5.41) is 10.7. The highest BCUT2D eigenvalue weighted by atomic mass is 32.2. The summed E-state index contributed by atoms with van der Waals surface area (Å²) in [4.78, 5) is 21.0. The number of hydrogen-bond acceptors (Lipinski definition) is 5. The summed E-state index contributed by atoms with van der Waals surface area (Å²) < 4.78 is 25.3. The molecule has 0 atom stereocenters. The molecular formula is C12H15N3O5S. The lowest BCUT2D eigenvalue weighted by Crippen LogP contribution is -2.39. The molecule has 0 radical (unpaired) electrons. The van der Waals surface area contributed by atoms with Crippen molar-refractivity contribution in [1.82, 2.24) is 4.31 Å². The minimum Gasteiger partial charge on any atom is -0.369 e. The summed E-state index contributed by atoms with van der Waals surface area (Å²) in [6.45, 7) is 2.88. The van der Waals surface area contributed by atoms with Crippen LogP contribution >= 0.6 is 0 Å². The van der Waals surface area contributed by atoms with Crippen LogP contribution in [0, 0.1) is 10.1 Å². The molecule has 9 heteroatoms. The number of carbonyl (C=O) groups is 1. The fourth-order valence-electron chi connectivity index (χ4n) is 1.66. The molecule has 1 aromatic rings. The molecule has 114 valence electrons. The Balaban J connectivity index is 3.01. The van der Waals surface area contributed by atoms with Crippen LogP contribution in [-0.2, 0) is 20.6 Å². The summed E-state index contributed by atoms with van der Waals surface area (Å²) in [5.74, 6) is -1.25. The molecule has 0 spiro atoms. The second-order valence-electron chi connectivity index (χ2n) is 4.23. The fourth-order valence-corrected chi connectivity index (χ4v) is 3.10. The third-order valence-corrected chi connectivity index (χ3v) is 4.29. The molecule has 1 rings (SSSR count). The van der Waals surface area contributed by atoms with Crippen LogP contribution in [0.3, 0.4) is 0 Å². The number of nitrogens with two attached hydrogens (primary N) is 1. The first-order valence-electron chi connectivity index (χ1n) is 5.86. The maximum absolute atomic E-state index is 12.2. The predicted molar refractivity (Wildman–Crippen MR) is 76.7 cm³/mol. The van der Waals surface area contributed by atoms with Crippen LogP contribution in [-0.4, -0.2) is 36.6 Å². The Bertz CT molecular complexity index is 657. The number of carbonyl (C=O) groups excluding carboxylic acids is 1. The lowest BCUT2D eigenvalue weighted by atomic mass is 10.2. The third-order valence-electron chi connectivity index (χ3n) is 2.53. The summed E-state index contributed by atoms with van der Waals surface area (Å²) in [5.41, 5.74) is 5.06. The summed E-state index contributed by atoms with van der Waals surface area (Å²) >= 11 is 0. The van der Waals surface area contributed by atoms with Gasteiger partial charge in [-0.25, -0.2) is 8.42 Å². The smallest absolute Gasteiger partial charge is 0.269 e. The number of benzene rings is 1. The van der Waals surface area contributed by atoms with Crippen molar-refractivity contribution in [2.45, 2.75) is 5.75 Å². The molecule has 0 unspecified atom stereocenters. The van der Waals surface area contributed by atoms with E-state index in [-0.39, 0.29) is 17.8 Å². The molecule has 0 aliphatic heterocycles. The molecular weight excluding hydrogens is 298 g/mol. The first-order chi connectivity index (χ1) is 9.76. The largest absolute Gasteiger partial charge is 0.369 e. The molecule has 1 aromatic carbocycles. The van der Waals surface area contributed by atoms with E-state index in [1.54, 1.807) is 0 Å². The van der Waals surface area contributed by atoms with Crippen LogP contribution in [0.15, 0.2) is 36.9 Å². The summed E-state index contributed by atoms with van der Waals surface area (Å²) in [6, 6.07) is 5.30. The quantitative estimate of drug-likeness (QED) is 0.422. The number of nitrogens with zero attached hydrogens (tertiary/aromatic N) is 2. The number of hydrogen-bond donors (Lipinski definition) is 1. The predicted octanol–water partition coefficient (Wildman–Crippen LogP) is 0.398. The van der Waals surface area contributed by atoms with Crippen molar-refractivity contribution < 1.29 is 18.1 Å². The lowest BCUT2D eigenvalue weighted by molar-refractivity contribution is -0.384. The molecule has 0 heterocycles. The van der Waals surface area contributed by atoms with Gasteiger partial charge in [0.2, 0.25) is 15.9 Å². The minimum absolute atomic E-state index is 0.0692. The number of nitro benzene ring substituents is 1. The topological polar surface area (TPSA) is 124 Å². The van der Waals surface area contributed by atoms with E-state index in [0.29, 0.717) is 0 Å². The Labute approximate surface area is 122 Å². The molecule has 0 aromatic heterocycles. The lowest BCUT2D eigenvalue weighted by Gasteiger charge is -2.18. The van der Waals surface area contributed by atoms with Gasteiger partial charge in [-0.05, 0) is 5.56 Å². The van der Waals surface area contributed by atoms with Gasteiger partial charge in [0, 0.05) is 18.7 Å². The standard InChI is InChI=1S/C12H15N3O5S/c1-2-6-14(8-12(13)16)21(19,20)9-10-4-3-5-11(7-10)15(17)18/h2-5,7H,1,6,8-9H2,(H2,13,16).